The first kappa shape index (κ1) is 20.1. The number of benzene rings is 2. The van der Waals surface area contributed by atoms with Gasteiger partial charge in [0.25, 0.3) is 5.91 Å². The van der Waals surface area contributed by atoms with Crippen LogP contribution in [0.4, 0.5) is 14.5 Å². The second-order valence-corrected chi connectivity index (χ2v) is 7.84. The Morgan fingerprint density at radius 1 is 1.29 bits per heavy atom. The summed E-state index contributed by atoms with van der Waals surface area (Å²) in [6.07, 6.45) is 0. The summed E-state index contributed by atoms with van der Waals surface area (Å²) >= 11 is 0.589. The quantitative estimate of drug-likeness (QED) is 0.530. The molecule has 2 aromatic carbocycles. The molecule has 3 N–H and O–H groups in total. The van der Waals surface area contributed by atoms with Crippen molar-refractivity contribution in [2.75, 3.05) is 12.4 Å². The largest absolute Gasteiger partial charge is 0.497 e. The summed E-state index contributed by atoms with van der Waals surface area (Å²) in [5.41, 5.74) is -3.67. The fraction of sp³-hybridized carbons (Fsp3) is 0.111. The number of fused-ring (bicyclic) bond motifs is 1. The molecule has 1 heterocycles. The van der Waals surface area contributed by atoms with Crippen LogP contribution >= 0.6 is 19.7 Å². The molecule has 0 bridgehead atoms. The summed E-state index contributed by atoms with van der Waals surface area (Å²) in [5, 5.41) is 12.1. The first-order valence-electron chi connectivity index (χ1n) is 7.76. The molecular weight excluding hydrogens is 409 g/mol. The van der Waals surface area contributed by atoms with Crippen molar-refractivity contribution in [3.05, 3.63) is 58.5 Å². The van der Waals surface area contributed by atoms with Crippen molar-refractivity contribution < 1.29 is 28.1 Å². The number of hydrogen-bond acceptors (Lipinski definition) is 6. The molecule has 6 nitrogen and oxygen atoms in total. The maximum atomic E-state index is 14.1. The molecule has 1 amide bonds. The Kier molecular flexibility index (Phi) is 5.59. The molecule has 28 heavy (non-hydrogen) atoms. The first-order valence-corrected chi connectivity index (χ1v) is 9.82. The van der Waals surface area contributed by atoms with Crippen LogP contribution in [0.3, 0.4) is 0 Å². The molecule has 0 fully saturated rings. The van der Waals surface area contributed by atoms with Gasteiger partial charge in [-0.25, -0.2) is 0 Å². The zero-order chi connectivity index (χ0) is 20.5. The predicted octanol–water partition coefficient (Wildman–Crippen LogP) is 4.38. The molecule has 0 spiro atoms. The van der Waals surface area contributed by atoms with Crippen LogP contribution in [0.5, 0.6) is 5.75 Å². The van der Waals surface area contributed by atoms with E-state index >= 15 is 0 Å². The molecule has 0 radical (unpaired) electrons. The molecule has 0 saturated carbocycles. The average Bonchev–Trinajstić information content (AvgIpc) is 3.06. The lowest BCUT2D eigenvalue weighted by atomic mass is 10.1. The number of nitriles is 1. The normalized spacial score (nSPS) is 11.5. The highest BCUT2D eigenvalue weighted by Gasteiger charge is 2.45. The van der Waals surface area contributed by atoms with Gasteiger partial charge in [0.15, 0.2) is 0 Å². The van der Waals surface area contributed by atoms with Crippen molar-refractivity contribution in [2.45, 2.75) is 5.66 Å². The van der Waals surface area contributed by atoms with Gasteiger partial charge in [-0.15, -0.1) is 11.3 Å². The molecule has 0 saturated heterocycles. The smallest absolute Gasteiger partial charge is 0.349 e. The minimum Gasteiger partial charge on any atom is -0.497 e. The standard InChI is InChI=1S/C18H13F2N2O4PS/c1-26-12-4-2-3-11(8-12)22-17(23)10-5-6-15-13(7-10)14(9-21)16(28-15)18(19,20)27(24)25/h2-8,24-25H,1H3,(H,22,23). The summed E-state index contributed by atoms with van der Waals surface area (Å²) in [6, 6.07) is 12.6. The van der Waals surface area contributed by atoms with E-state index in [1.807, 2.05) is 0 Å². The maximum absolute atomic E-state index is 14.1. The highest BCUT2D eigenvalue weighted by Crippen LogP contribution is 2.56. The number of halogens is 2. The Bertz CT molecular complexity index is 1090. The third-order valence-corrected chi connectivity index (χ3v) is 6.03. The SMILES string of the molecule is COc1cccc(NC(=O)c2ccc3sc(C(F)(F)P(O)O)c(C#N)c3c2)c1. The summed E-state index contributed by atoms with van der Waals surface area (Å²) in [7, 11) is -2.11. The van der Waals surface area contributed by atoms with Gasteiger partial charge in [0, 0.05) is 27.4 Å². The van der Waals surface area contributed by atoms with Crippen LogP contribution in [0.25, 0.3) is 10.1 Å². The van der Waals surface area contributed by atoms with Gasteiger partial charge in [0.05, 0.1) is 12.7 Å². The zero-order valence-corrected chi connectivity index (χ0v) is 16.0. The number of thiophene rings is 1. The number of ether oxygens (including phenoxy) is 1. The second-order valence-electron chi connectivity index (χ2n) is 5.65. The van der Waals surface area contributed by atoms with Gasteiger partial charge in [0.2, 0.25) is 8.38 Å². The fourth-order valence-electron chi connectivity index (χ4n) is 2.56. The van der Waals surface area contributed by atoms with Crippen molar-refractivity contribution in [3.8, 4) is 11.8 Å². The van der Waals surface area contributed by atoms with Gasteiger partial charge < -0.3 is 19.8 Å². The third-order valence-electron chi connectivity index (χ3n) is 3.91. The minimum absolute atomic E-state index is 0.150. The Morgan fingerprint density at radius 2 is 2.04 bits per heavy atom. The van der Waals surface area contributed by atoms with Gasteiger partial charge in [-0.05, 0) is 30.3 Å². The predicted molar refractivity (Wildman–Crippen MR) is 103 cm³/mol. The van der Waals surface area contributed by atoms with E-state index in [0.717, 1.165) is 0 Å². The van der Waals surface area contributed by atoms with E-state index in [1.54, 1.807) is 30.3 Å². The Hall–Kier alpha value is -2.63. The van der Waals surface area contributed by atoms with E-state index in [2.05, 4.69) is 5.32 Å². The van der Waals surface area contributed by atoms with Crippen LogP contribution in [0.15, 0.2) is 42.5 Å². The molecule has 1 aromatic heterocycles. The summed E-state index contributed by atoms with van der Waals surface area (Å²) in [6.45, 7) is 0. The Balaban J connectivity index is 2.00. The number of carbonyl (C=O) groups is 1. The monoisotopic (exact) mass is 422 g/mol. The van der Waals surface area contributed by atoms with Crippen molar-refractivity contribution in [1.29, 1.82) is 5.26 Å². The van der Waals surface area contributed by atoms with E-state index in [4.69, 9.17) is 14.5 Å². The van der Waals surface area contributed by atoms with Crippen LogP contribution in [0.1, 0.15) is 20.8 Å². The van der Waals surface area contributed by atoms with Crippen LogP contribution in [0, 0.1) is 11.3 Å². The molecule has 0 aliphatic heterocycles. The Labute approximate surface area is 163 Å². The molecule has 3 rings (SSSR count). The number of alkyl halides is 2. The molecule has 0 unspecified atom stereocenters. The van der Waals surface area contributed by atoms with Gasteiger partial charge in [-0.1, -0.05) is 6.07 Å². The number of anilines is 1. The van der Waals surface area contributed by atoms with E-state index < -0.39 is 24.8 Å². The second kappa shape index (κ2) is 7.78. The summed E-state index contributed by atoms with van der Waals surface area (Å²) in [4.78, 5) is 29.8. The molecule has 0 atom stereocenters. The molecule has 144 valence electrons. The van der Waals surface area contributed by atoms with Crippen LogP contribution in [-0.4, -0.2) is 22.8 Å². The summed E-state index contributed by atoms with van der Waals surface area (Å²) < 4.78 is 33.6. The van der Waals surface area contributed by atoms with Gasteiger partial charge in [0.1, 0.15) is 16.7 Å². The van der Waals surface area contributed by atoms with E-state index in [0.29, 0.717) is 27.5 Å². The lowest BCUT2D eigenvalue weighted by molar-refractivity contribution is 0.0770. The number of carbonyl (C=O) groups excluding carboxylic acids is 1. The van der Waals surface area contributed by atoms with Gasteiger partial charge in [-0.3, -0.25) is 4.79 Å². The lowest BCUT2D eigenvalue weighted by Gasteiger charge is -2.15. The number of nitrogens with zero attached hydrogens (tertiary/aromatic N) is 1. The molecule has 10 heteroatoms. The van der Waals surface area contributed by atoms with Crippen LogP contribution < -0.4 is 10.1 Å². The Morgan fingerprint density at radius 3 is 2.68 bits per heavy atom. The number of nitrogens with one attached hydrogen (secondary N) is 1. The zero-order valence-electron chi connectivity index (χ0n) is 14.3. The minimum atomic E-state index is -3.94. The van der Waals surface area contributed by atoms with Crippen LogP contribution in [0.2, 0.25) is 0 Å². The van der Waals surface area contributed by atoms with E-state index in [-0.39, 0.29) is 16.5 Å². The fourth-order valence-corrected chi connectivity index (χ4v) is 4.24. The third kappa shape index (κ3) is 3.68. The van der Waals surface area contributed by atoms with Crippen LogP contribution in [-0.2, 0) is 5.66 Å². The van der Waals surface area contributed by atoms with E-state index in [1.165, 1.54) is 25.3 Å². The summed E-state index contributed by atoms with van der Waals surface area (Å²) in [5.74, 6) is 0.0550. The number of methoxy groups -OCH3 is 1. The number of amides is 1. The first-order chi connectivity index (χ1) is 13.3. The topological polar surface area (TPSA) is 103 Å². The number of hydrogen-bond donors (Lipinski definition) is 3. The molecular formula is C18H13F2N2O4PS. The molecule has 3 aromatic rings. The van der Waals surface area contributed by atoms with E-state index in [9.17, 15) is 18.8 Å². The van der Waals surface area contributed by atoms with Crippen molar-refractivity contribution >= 4 is 41.4 Å². The maximum Gasteiger partial charge on any atom is 0.349 e. The molecule has 0 aliphatic rings. The number of rotatable bonds is 5. The average molecular weight is 422 g/mol. The highest BCUT2D eigenvalue weighted by atomic mass is 32.1. The van der Waals surface area contributed by atoms with Gasteiger partial charge >= 0.3 is 5.66 Å². The molecule has 0 aliphatic carbocycles. The van der Waals surface area contributed by atoms with Crippen molar-refractivity contribution in [3.63, 3.8) is 0 Å². The highest BCUT2D eigenvalue weighted by molar-refractivity contribution is 7.46. The lowest BCUT2D eigenvalue weighted by Crippen LogP contribution is -2.12. The van der Waals surface area contributed by atoms with Crippen molar-refractivity contribution in [1.82, 2.24) is 0 Å². The van der Waals surface area contributed by atoms with Gasteiger partial charge in [-0.2, -0.15) is 14.0 Å². The van der Waals surface area contributed by atoms with Crippen molar-refractivity contribution in [2.24, 2.45) is 0 Å².